The van der Waals surface area contributed by atoms with Crippen LogP contribution >= 0.6 is 24.0 Å². The molecule has 1 aliphatic heterocycles. The van der Waals surface area contributed by atoms with E-state index in [9.17, 15) is 9.59 Å². The van der Waals surface area contributed by atoms with Crippen LogP contribution in [0.1, 0.15) is 35.2 Å². The lowest BCUT2D eigenvalue weighted by Crippen LogP contribution is -2.46. The SMILES string of the molecule is CN=C(NCc1cccc(C(N)=O)c1)N1CCCC(CC(N)=O)C1.I. The van der Waals surface area contributed by atoms with Gasteiger partial charge in [0.1, 0.15) is 0 Å². The van der Waals surface area contributed by atoms with Gasteiger partial charge >= 0.3 is 0 Å². The van der Waals surface area contributed by atoms with E-state index >= 15 is 0 Å². The van der Waals surface area contributed by atoms with E-state index in [0.717, 1.165) is 37.5 Å². The number of hydrogen-bond donors (Lipinski definition) is 3. The highest BCUT2D eigenvalue weighted by atomic mass is 127. The Balaban J connectivity index is 0.00000312. The number of nitrogens with two attached hydrogens (primary N) is 2. The molecule has 0 aromatic heterocycles. The maximum Gasteiger partial charge on any atom is 0.248 e. The van der Waals surface area contributed by atoms with Gasteiger partial charge in [-0.3, -0.25) is 14.6 Å². The van der Waals surface area contributed by atoms with E-state index in [4.69, 9.17) is 11.5 Å². The fourth-order valence-corrected chi connectivity index (χ4v) is 3.06. The highest BCUT2D eigenvalue weighted by molar-refractivity contribution is 14.0. The highest BCUT2D eigenvalue weighted by Gasteiger charge is 2.23. The summed E-state index contributed by atoms with van der Waals surface area (Å²) < 4.78 is 0. The summed E-state index contributed by atoms with van der Waals surface area (Å²) in [7, 11) is 1.74. The summed E-state index contributed by atoms with van der Waals surface area (Å²) in [6.45, 7) is 2.21. The number of carbonyl (C=O) groups excluding carboxylic acids is 2. The number of guanidine groups is 1. The van der Waals surface area contributed by atoms with Gasteiger partial charge in [0.05, 0.1) is 0 Å². The second-order valence-electron chi connectivity index (χ2n) is 6.09. The van der Waals surface area contributed by atoms with Crippen molar-refractivity contribution in [1.82, 2.24) is 10.2 Å². The predicted molar refractivity (Wildman–Crippen MR) is 109 cm³/mol. The van der Waals surface area contributed by atoms with Crippen molar-refractivity contribution in [2.24, 2.45) is 22.4 Å². The molecule has 1 heterocycles. The van der Waals surface area contributed by atoms with Gasteiger partial charge in [0.25, 0.3) is 0 Å². The molecule has 138 valence electrons. The lowest BCUT2D eigenvalue weighted by Gasteiger charge is -2.34. The zero-order valence-electron chi connectivity index (χ0n) is 14.4. The van der Waals surface area contributed by atoms with E-state index in [2.05, 4.69) is 15.2 Å². The fourth-order valence-electron chi connectivity index (χ4n) is 3.06. The van der Waals surface area contributed by atoms with Crippen molar-refractivity contribution in [3.63, 3.8) is 0 Å². The van der Waals surface area contributed by atoms with Crippen LogP contribution in [0.25, 0.3) is 0 Å². The van der Waals surface area contributed by atoms with Crippen LogP contribution in [0.2, 0.25) is 0 Å². The van der Waals surface area contributed by atoms with Crippen LogP contribution in [0.15, 0.2) is 29.3 Å². The number of likely N-dealkylation sites (tertiary alicyclic amines) is 1. The van der Waals surface area contributed by atoms with E-state index in [1.807, 2.05) is 12.1 Å². The summed E-state index contributed by atoms with van der Waals surface area (Å²) >= 11 is 0. The molecule has 2 amide bonds. The van der Waals surface area contributed by atoms with Gasteiger partial charge in [-0.2, -0.15) is 0 Å². The lowest BCUT2D eigenvalue weighted by molar-refractivity contribution is -0.119. The Kier molecular flexibility index (Phi) is 8.67. The Labute approximate surface area is 165 Å². The molecule has 7 nitrogen and oxygen atoms in total. The maximum absolute atomic E-state index is 11.3. The standard InChI is InChI=1S/C17H25N5O2.HI/c1-20-17(22-7-3-5-13(11-22)9-15(18)23)21-10-12-4-2-6-14(8-12)16(19)24;/h2,4,6,8,13H,3,5,7,9-11H2,1H3,(H2,18,23)(H2,19,24)(H,20,21);1H. The van der Waals surface area contributed by atoms with E-state index in [1.54, 1.807) is 19.2 Å². The molecule has 0 spiro atoms. The first kappa shape index (κ1) is 21.2. The van der Waals surface area contributed by atoms with Crippen molar-refractivity contribution >= 4 is 41.8 Å². The number of nitrogens with zero attached hydrogens (tertiary/aromatic N) is 2. The van der Waals surface area contributed by atoms with Gasteiger partial charge in [0, 0.05) is 38.7 Å². The van der Waals surface area contributed by atoms with Gasteiger partial charge in [0.15, 0.2) is 5.96 Å². The Morgan fingerprint density at radius 3 is 2.76 bits per heavy atom. The molecule has 1 atom stereocenters. The molecule has 1 aromatic carbocycles. The number of primary amides is 2. The van der Waals surface area contributed by atoms with Gasteiger partial charge in [0.2, 0.25) is 11.8 Å². The van der Waals surface area contributed by atoms with Crippen LogP contribution in [-0.4, -0.2) is 42.8 Å². The summed E-state index contributed by atoms with van der Waals surface area (Å²) in [4.78, 5) is 28.9. The Hall–Kier alpha value is -1.84. The molecule has 2 rings (SSSR count). The van der Waals surface area contributed by atoms with Crippen molar-refractivity contribution < 1.29 is 9.59 Å². The maximum atomic E-state index is 11.3. The Morgan fingerprint density at radius 1 is 1.36 bits per heavy atom. The van der Waals surface area contributed by atoms with E-state index in [0.29, 0.717) is 18.5 Å². The minimum absolute atomic E-state index is 0. The third kappa shape index (κ3) is 6.52. The number of benzene rings is 1. The van der Waals surface area contributed by atoms with Crippen molar-refractivity contribution in [1.29, 1.82) is 0 Å². The van der Waals surface area contributed by atoms with Crippen LogP contribution in [0.4, 0.5) is 0 Å². The van der Waals surface area contributed by atoms with Crippen molar-refractivity contribution in [3.8, 4) is 0 Å². The fraction of sp³-hybridized carbons (Fsp3) is 0.471. The minimum atomic E-state index is -0.438. The Morgan fingerprint density at radius 2 is 2.12 bits per heavy atom. The first-order valence-corrected chi connectivity index (χ1v) is 8.12. The summed E-state index contributed by atoms with van der Waals surface area (Å²) in [5, 5.41) is 3.30. The molecule has 1 fully saturated rings. The third-order valence-electron chi connectivity index (χ3n) is 4.18. The summed E-state index contributed by atoms with van der Waals surface area (Å²) in [5.41, 5.74) is 12.1. The van der Waals surface area contributed by atoms with Crippen molar-refractivity contribution in [2.45, 2.75) is 25.8 Å². The average molecular weight is 459 g/mol. The number of aliphatic imine (C=N–C) groups is 1. The van der Waals surface area contributed by atoms with Crippen molar-refractivity contribution in [2.75, 3.05) is 20.1 Å². The first-order valence-electron chi connectivity index (χ1n) is 8.12. The first-order chi connectivity index (χ1) is 11.5. The molecular weight excluding hydrogens is 433 g/mol. The van der Waals surface area contributed by atoms with Gasteiger partial charge < -0.3 is 21.7 Å². The largest absolute Gasteiger partial charge is 0.370 e. The molecule has 0 saturated carbocycles. The van der Waals surface area contributed by atoms with Crippen LogP contribution < -0.4 is 16.8 Å². The second kappa shape index (κ2) is 10.2. The van der Waals surface area contributed by atoms with Crippen molar-refractivity contribution in [3.05, 3.63) is 35.4 Å². The zero-order valence-corrected chi connectivity index (χ0v) is 16.7. The highest BCUT2D eigenvalue weighted by Crippen LogP contribution is 2.19. The van der Waals surface area contributed by atoms with Gasteiger partial charge in [-0.1, -0.05) is 12.1 Å². The van der Waals surface area contributed by atoms with Gasteiger partial charge in [-0.15, -0.1) is 24.0 Å². The van der Waals surface area contributed by atoms with Crippen LogP contribution in [0, 0.1) is 5.92 Å². The molecule has 0 bridgehead atoms. The Bertz CT molecular complexity index is 635. The molecule has 1 unspecified atom stereocenters. The predicted octanol–water partition coefficient (Wildman–Crippen LogP) is 1.07. The van der Waals surface area contributed by atoms with Crippen LogP contribution in [0.3, 0.4) is 0 Å². The number of rotatable bonds is 5. The molecule has 8 heteroatoms. The lowest BCUT2D eigenvalue weighted by atomic mass is 9.95. The number of hydrogen-bond acceptors (Lipinski definition) is 3. The van der Waals surface area contributed by atoms with Crippen LogP contribution in [0.5, 0.6) is 0 Å². The summed E-state index contributed by atoms with van der Waals surface area (Å²) in [5.74, 6) is 0.362. The van der Waals surface area contributed by atoms with Crippen LogP contribution in [-0.2, 0) is 11.3 Å². The molecule has 5 N–H and O–H groups in total. The number of carbonyl (C=O) groups is 2. The quantitative estimate of drug-likeness (QED) is 0.347. The molecular formula is C17H26IN5O2. The molecule has 25 heavy (non-hydrogen) atoms. The van der Waals surface area contributed by atoms with Gasteiger partial charge in [-0.05, 0) is 36.5 Å². The summed E-state index contributed by atoms with van der Waals surface area (Å²) in [6, 6.07) is 7.21. The molecule has 1 saturated heterocycles. The smallest absolute Gasteiger partial charge is 0.248 e. The topological polar surface area (TPSA) is 114 Å². The molecule has 1 aliphatic rings. The number of amides is 2. The molecule has 1 aromatic rings. The molecule has 0 aliphatic carbocycles. The van der Waals surface area contributed by atoms with E-state index < -0.39 is 5.91 Å². The zero-order chi connectivity index (χ0) is 17.5. The van der Waals surface area contributed by atoms with E-state index in [1.165, 1.54) is 0 Å². The number of halogens is 1. The van der Waals surface area contributed by atoms with Gasteiger partial charge in [-0.25, -0.2) is 0 Å². The summed E-state index contributed by atoms with van der Waals surface area (Å²) in [6.07, 6.45) is 2.43. The normalized spacial score (nSPS) is 17.6. The monoisotopic (exact) mass is 459 g/mol. The number of piperidine rings is 1. The number of nitrogens with one attached hydrogen (secondary N) is 1. The minimum Gasteiger partial charge on any atom is -0.370 e. The van der Waals surface area contributed by atoms with E-state index in [-0.39, 0.29) is 35.8 Å². The molecule has 0 radical (unpaired) electrons. The second-order valence-corrected chi connectivity index (χ2v) is 6.09. The average Bonchev–Trinajstić information content (AvgIpc) is 2.55. The third-order valence-corrected chi connectivity index (χ3v) is 4.18.